The van der Waals surface area contributed by atoms with Gasteiger partial charge in [0, 0.05) is 17.3 Å². The molecule has 3 nitrogen and oxygen atoms in total. The molecule has 1 atom stereocenters. The van der Waals surface area contributed by atoms with Crippen molar-refractivity contribution in [3.8, 4) is 0 Å². The van der Waals surface area contributed by atoms with Crippen LogP contribution in [0.2, 0.25) is 0 Å². The molecule has 90 valence electrons. The van der Waals surface area contributed by atoms with E-state index in [1.807, 2.05) is 6.92 Å². The maximum atomic E-state index is 10.9. The first-order valence-corrected chi connectivity index (χ1v) is 7.99. The van der Waals surface area contributed by atoms with Crippen molar-refractivity contribution in [1.29, 1.82) is 0 Å². The van der Waals surface area contributed by atoms with Gasteiger partial charge in [-0.2, -0.15) is 0 Å². The molecule has 0 aliphatic heterocycles. The normalized spacial score (nSPS) is 19.1. The summed E-state index contributed by atoms with van der Waals surface area (Å²) in [5, 5.41) is 0. The molecule has 0 spiro atoms. The summed E-state index contributed by atoms with van der Waals surface area (Å²) >= 11 is 0. The van der Waals surface area contributed by atoms with Gasteiger partial charge in [0.15, 0.2) is 0 Å². The Hall–Kier alpha value is 0.200. The van der Waals surface area contributed by atoms with E-state index in [1.54, 1.807) is 0 Å². The highest BCUT2D eigenvalue weighted by Crippen LogP contribution is 2.29. The van der Waals surface area contributed by atoms with Gasteiger partial charge in [-0.05, 0) is 31.1 Å². The zero-order valence-corrected chi connectivity index (χ0v) is 10.7. The molecule has 0 aromatic carbocycles. The van der Waals surface area contributed by atoms with Crippen molar-refractivity contribution in [1.82, 2.24) is 0 Å². The van der Waals surface area contributed by atoms with Gasteiger partial charge in [0.1, 0.15) is 0 Å². The molecule has 0 aromatic rings. The van der Waals surface area contributed by atoms with Gasteiger partial charge in [-0.25, -0.2) is 8.42 Å². The highest BCUT2D eigenvalue weighted by Gasteiger charge is 2.22. The van der Waals surface area contributed by atoms with Gasteiger partial charge in [0.25, 0.3) is 0 Å². The van der Waals surface area contributed by atoms with Crippen molar-refractivity contribution in [2.24, 2.45) is 11.8 Å². The molecule has 1 aliphatic carbocycles. The van der Waals surface area contributed by atoms with Gasteiger partial charge < -0.3 is 4.74 Å². The SMILES string of the molecule is CCCC(COCC1CC1)CS(=O)(=O)Cl. The summed E-state index contributed by atoms with van der Waals surface area (Å²) in [5.41, 5.74) is 0. The number of hydrogen-bond donors (Lipinski definition) is 0. The first-order valence-electron chi connectivity index (χ1n) is 5.51. The monoisotopic (exact) mass is 254 g/mol. The summed E-state index contributed by atoms with van der Waals surface area (Å²) in [5.74, 6) is 0.809. The molecule has 0 radical (unpaired) electrons. The van der Waals surface area contributed by atoms with Gasteiger partial charge in [0.2, 0.25) is 9.05 Å². The molecule has 1 saturated carbocycles. The van der Waals surface area contributed by atoms with Crippen molar-refractivity contribution in [3.05, 3.63) is 0 Å². The molecule has 0 bridgehead atoms. The van der Waals surface area contributed by atoms with Crippen LogP contribution in [0.3, 0.4) is 0 Å². The van der Waals surface area contributed by atoms with Crippen LogP contribution < -0.4 is 0 Å². The largest absolute Gasteiger partial charge is 0.381 e. The number of halogens is 1. The van der Waals surface area contributed by atoms with Crippen LogP contribution in [0.4, 0.5) is 0 Å². The van der Waals surface area contributed by atoms with Crippen LogP contribution in [0.5, 0.6) is 0 Å². The molecular weight excluding hydrogens is 236 g/mol. The molecule has 0 saturated heterocycles. The van der Waals surface area contributed by atoms with E-state index in [0.29, 0.717) is 6.61 Å². The smallest absolute Gasteiger partial charge is 0.232 e. The van der Waals surface area contributed by atoms with E-state index in [4.69, 9.17) is 15.4 Å². The Morgan fingerprint density at radius 1 is 1.47 bits per heavy atom. The Bertz CT molecular complexity index is 272. The standard InChI is InChI=1S/C10H19ClO3S/c1-2-3-10(8-15(11,12)13)7-14-6-9-4-5-9/h9-10H,2-8H2,1H3. The molecule has 0 aromatic heterocycles. The second-order valence-electron chi connectivity index (χ2n) is 4.34. The summed E-state index contributed by atoms with van der Waals surface area (Å²) in [6.07, 6.45) is 4.33. The first-order chi connectivity index (χ1) is 7.01. The lowest BCUT2D eigenvalue weighted by Gasteiger charge is -2.14. The van der Waals surface area contributed by atoms with Crippen molar-refractivity contribution >= 4 is 19.7 Å². The predicted molar refractivity (Wildman–Crippen MR) is 61.6 cm³/mol. The summed E-state index contributed by atoms with van der Waals surface area (Å²) in [6.45, 7) is 3.34. The summed E-state index contributed by atoms with van der Waals surface area (Å²) in [6, 6.07) is 0. The molecule has 15 heavy (non-hydrogen) atoms. The van der Waals surface area contributed by atoms with E-state index >= 15 is 0 Å². The Balaban J connectivity index is 2.21. The molecule has 0 N–H and O–H groups in total. The summed E-state index contributed by atoms with van der Waals surface area (Å²) in [4.78, 5) is 0. The average molecular weight is 255 g/mol. The highest BCUT2D eigenvalue weighted by atomic mass is 35.7. The van der Waals surface area contributed by atoms with E-state index in [9.17, 15) is 8.42 Å². The minimum absolute atomic E-state index is 0.0348. The highest BCUT2D eigenvalue weighted by molar-refractivity contribution is 8.13. The molecule has 0 heterocycles. The van der Waals surface area contributed by atoms with E-state index in [2.05, 4.69) is 0 Å². The molecule has 1 aliphatic rings. The van der Waals surface area contributed by atoms with Gasteiger partial charge in [-0.15, -0.1) is 0 Å². The zero-order valence-electron chi connectivity index (χ0n) is 9.12. The van der Waals surface area contributed by atoms with Crippen LogP contribution in [-0.2, 0) is 13.8 Å². The van der Waals surface area contributed by atoms with E-state index in [-0.39, 0.29) is 11.7 Å². The quantitative estimate of drug-likeness (QED) is 0.625. The molecule has 5 heteroatoms. The van der Waals surface area contributed by atoms with Crippen molar-refractivity contribution in [2.45, 2.75) is 32.6 Å². The molecular formula is C10H19ClO3S. The minimum Gasteiger partial charge on any atom is -0.381 e. The van der Waals surface area contributed by atoms with Gasteiger partial charge in [0.05, 0.1) is 12.4 Å². The van der Waals surface area contributed by atoms with Crippen LogP contribution >= 0.6 is 10.7 Å². The predicted octanol–water partition coefficient (Wildman–Crippen LogP) is 2.40. The second-order valence-corrected chi connectivity index (χ2v) is 7.16. The fraction of sp³-hybridized carbons (Fsp3) is 1.00. The van der Waals surface area contributed by atoms with Crippen molar-refractivity contribution < 1.29 is 13.2 Å². The number of rotatable bonds is 8. The minimum atomic E-state index is -3.39. The van der Waals surface area contributed by atoms with Crippen LogP contribution in [0.1, 0.15) is 32.6 Å². The van der Waals surface area contributed by atoms with Gasteiger partial charge in [-0.1, -0.05) is 13.3 Å². The molecule has 1 rings (SSSR count). The topological polar surface area (TPSA) is 43.4 Å². The Morgan fingerprint density at radius 2 is 2.13 bits per heavy atom. The van der Waals surface area contributed by atoms with E-state index < -0.39 is 9.05 Å². The maximum absolute atomic E-state index is 10.9. The van der Waals surface area contributed by atoms with E-state index in [0.717, 1.165) is 25.4 Å². The van der Waals surface area contributed by atoms with Crippen molar-refractivity contribution in [3.63, 3.8) is 0 Å². The Morgan fingerprint density at radius 3 is 2.60 bits per heavy atom. The van der Waals surface area contributed by atoms with E-state index in [1.165, 1.54) is 12.8 Å². The fourth-order valence-corrected chi connectivity index (χ4v) is 2.95. The second kappa shape index (κ2) is 6.06. The lowest BCUT2D eigenvalue weighted by Crippen LogP contribution is -2.18. The lowest BCUT2D eigenvalue weighted by molar-refractivity contribution is 0.0944. The van der Waals surface area contributed by atoms with Crippen LogP contribution in [0.15, 0.2) is 0 Å². The molecule has 1 fully saturated rings. The van der Waals surface area contributed by atoms with Gasteiger partial charge >= 0.3 is 0 Å². The Kier molecular flexibility index (Phi) is 5.36. The third-order valence-electron chi connectivity index (χ3n) is 2.54. The fourth-order valence-electron chi connectivity index (χ4n) is 1.59. The number of hydrogen-bond acceptors (Lipinski definition) is 3. The molecule has 0 amide bonds. The third kappa shape index (κ3) is 7.14. The third-order valence-corrected chi connectivity index (χ3v) is 3.78. The number of ether oxygens (including phenoxy) is 1. The summed E-state index contributed by atoms with van der Waals surface area (Å²) < 4.78 is 27.4. The van der Waals surface area contributed by atoms with Gasteiger partial charge in [-0.3, -0.25) is 0 Å². The van der Waals surface area contributed by atoms with Crippen LogP contribution in [0.25, 0.3) is 0 Å². The average Bonchev–Trinajstić information content (AvgIpc) is 2.85. The van der Waals surface area contributed by atoms with Crippen molar-refractivity contribution in [2.75, 3.05) is 19.0 Å². The first kappa shape index (κ1) is 13.3. The molecule has 1 unspecified atom stereocenters. The lowest BCUT2D eigenvalue weighted by atomic mass is 10.1. The maximum Gasteiger partial charge on any atom is 0.232 e. The Labute approximate surface area is 96.6 Å². The summed E-state index contributed by atoms with van der Waals surface area (Å²) in [7, 11) is 1.85. The van der Waals surface area contributed by atoms with Crippen LogP contribution in [0, 0.1) is 11.8 Å². The zero-order chi connectivity index (χ0) is 11.3. The van der Waals surface area contributed by atoms with Crippen LogP contribution in [-0.4, -0.2) is 27.4 Å².